The van der Waals surface area contributed by atoms with E-state index in [4.69, 9.17) is 0 Å². The third-order valence-corrected chi connectivity index (χ3v) is 3.76. The topological polar surface area (TPSA) is 32.3 Å². The fourth-order valence-corrected chi connectivity index (χ4v) is 2.60. The first kappa shape index (κ1) is 13.9. The second kappa shape index (κ2) is 6.60. The van der Waals surface area contributed by atoms with E-state index < -0.39 is 0 Å². The van der Waals surface area contributed by atoms with Crippen LogP contribution in [0.25, 0.3) is 0 Å². The van der Waals surface area contributed by atoms with Gasteiger partial charge in [0.25, 0.3) is 0 Å². The van der Waals surface area contributed by atoms with Crippen LogP contribution in [0.2, 0.25) is 0 Å². The van der Waals surface area contributed by atoms with Crippen molar-refractivity contribution >= 4 is 6.03 Å². The van der Waals surface area contributed by atoms with Crippen molar-refractivity contribution in [2.24, 2.45) is 0 Å². The minimum absolute atomic E-state index is 0.0748. The molecule has 0 radical (unpaired) electrons. The van der Waals surface area contributed by atoms with Crippen molar-refractivity contribution in [1.82, 2.24) is 10.2 Å². The van der Waals surface area contributed by atoms with Gasteiger partial charge in [0.15, 0.2) is 0 Å². The highest BCUT2D eigenvalue weighted by atomic mass is 16.2. The normalized spacial score (nSPS) is 15.7. The molecule has 1 saturated carbocycles. The van der Waals surface area contributed by atoms with Crippen LogP contribution < -0.4 is 5.32 Å². The highest BCUT2D eigenvalue weighted by molar-refractivity contribution is 5.74. The third kappa shape index (κ3) is 3.98. The maximum atomic E-state index is 12.4. The van der Waals surface area contributed by atoms with Crippen molar-refractivity contribution in [2.45, 2.75) is 58.2 Å². The fraction of sp³-hybridized carbons (Fsp3) is 0.562. The van der Waals surface area contributed by atoms with Crippen molar-refractivity contribution < 1.29 is 4.79 Å². The van der Waals surface area contributed by atoms with Gasteiger partial charge in [-0.05, 0) is 32.3 Å². The molecule has 3 heteroatoms. The number of carbonyl (C=O) groups excluding carboxylic acids is 1. The Kier molecular flexibility index (Phi) is 4.83. The largest absolute Gasteiger partial charge is 0.335 e. The Morgan fingerprint density at radius 1 is 1.26 bits per heavy atom. The Balaban J connectivity index is 1.96. The van der Waals surface area contributed by atoms with Crippen LogP contribution in [-0.2, 0) is 6.54 Å². The lowest BCUT2D eigenvalue weighted by Gasteiger charge is -2.28. The van der Waals surface area contributed by atoms with E-state index in [-0.39, 0.29) is 12.1 Å². The molecule has 1 aromatic rings. The molecular formula is C16H24N2O. The minimum Gasteiger partial charge on any atom is -0.335 e. The Morgan fingerprint density at radius 2 is 1.89 bits per heavy atom. The summed E-state index contributed by atoms with van der Waals surface area (Å²) in [6.45, 7) is 4.81. The van der Waals surface area contributed by atoms with E-state index in [1.54, 1.807) is 0 Å². The molecular weight excluding hydrogens is 236 g/mol. The lowest BCUT2D eigenvalue weighted by atomic mass is 10.2. The number of amides is 2. The zero-order chi connectivity index (χ0) is 13.7. The van der Waals surface area contributed by atoms with Gasteiger partial charge in [0, 0.05) is 18.6 Å². The Hall–Kier alpha value is -1.51. The number of rotatable bonds is 4. The van der Waals surface area contributed by atoms with Crippen molar-refractivity contribution in [3.8, 4) is 0 Å². The summed E-state index contributed by atoms with van der Waals surface area (Å²) < 4.78 is 0. The molecule has 3 nitrogen and oxygen atoms in total. The monoisotopic (exact) mass is 260 g/mol. The van der Waals surface area contributed by atoms with E-state index in [0.717, 1.165) is 12.8 Å². The summed E-state index contributed by atoms with van der Waals surface area (Å²) in [5.74, 6) is 0. The predicted molar refractivity (Wildman–Crippen MR) is 77.9 cm³/mol. The highest BCUT2D eigenvalue weighted by Gasteiger charge is 2.22. The van der Waals surface area contributed by atoms with Gasteiger partial charge in [-0.25, -0.2) is 4.79 Å². The molecule has 1 aliphatic carbocycles. The van der Waals surface area contributed by atoms with Crippen molar-refractivity contribution in [2.75, 3.05) is 0 Å². The minimum atomic E-state index is 0.0748. The van der Waals surface area contributed by atoms with Gasteiger partial charge in [0.05, 0.1) is 0 Å². The highest BCUT2D eigenvalue weighted by Crippen LogP contribution is 2.18. The summed E-state index contributed by atoms with van der Waals surface area (Å²) in [7, 11) is 0. The smallest absolute Gasteiger partial charge is 0.318 e. The molecule has 1 aromatic carbocycles. The van der Waals surface area contributed by atoms with Gasteiger partial charge in [0.1, 0.15) is 0 Å². The van der Waals surface area contributed by atoms with E-state index in [9.17, 15) is 4.79 Å². The molecule has 2 amide bonds. The second-order valence-electron chi connectivity index (χ2n) is 5.64. The molecule has 1 aliphatic rings. The summed E-state index contributed by atoms with van der Waals surface area (Å²) >= 11 is 0. The number of carbonyl (C=O) groups is 1. The van der Waals surface area contributed by atoms with Gasteiger partial charge in [-0.1, -0.05) is 43.2 Å². The third-order valence-electron chi connectivity index (χ3n) is 3.76. The molecule has 0 aromatic heterocycles. The van der Waals surface area contributed by atoms with Crippen LogP contribution in [0.15, 0.2) is 30.3 Å². The zero-order valence-corrected chi connectivity index (χ0v) is 11.9. The molecule has 2 rings (SSSR count). The molecule has 19 heavy (non-hydrogen) atoms. The fourth-order valence-electron chi connectivity index (χ4n) is 2.60. The average Bonchev–Trinajstić information content (AvgIpc) is 2.89. The molecule has 0 saturated heterocycles. The molecule has 1 N–H and O–H groups in total. The maximum absolute atomic E-state index is 12.4. The maximum Gasteiger partial charge on any atom is 0.318 e. The van der Waals surface area contributed by atoms with Crippen LogP contribution in [0.4, 0.5) is 4.79 Å². The van der Waals surface area contributed by atoms with Crippen LogP contribution in [0.5, 0.6) is 0 Å². The molecule has 0 spiro atoms. The lowest BCUT2D eigenvalue weighted by molar-refractivity contribution is 0.176. The van der Waals surface area contributed by atoms with Gasteiger partial charge >= 0.3 is 6.03 Å². The quantitative estimate of drug-likeness (QED) is 0.882. The van der Waals surface area contributed by atoms with Crippen LogP contribution in [-0.4, -0.2) is 23.0 Å². The number of nitrogens with one attached hydrogen (secondary N) is 1. The van der Waals surface area contributed by atoms with E-state index in [1.165, 1.54) is 18.4 Å². The summed E-state index contributed by atoms with van der Waals surface area (Å²) in [6.07, 6.45) is 4.74. The molecule has 0 aliphatic heterocycles. The lowest BCUT2D eigenvalue weighted by Crippen LogP contribution is -2.46. The van der Waals surface area contributed by atoms with Gasteiger partial charge in [0.2, 0.25) is 0 Å². The molecule has 104 valence electrons. The first-order chi connectivity index (χ1) is 9.16. The summed E-state index contributed by atoms with van der Waals surface area (Å²) in [5, 5.41) is 3.17. The van der Waals surface area contributed by atoms with E-state index in [2.05, 4.69) is 31.3 Å². The predicted octanol–water partition coefficient (Wildman–Crippen LogP) is 3.55. The van der Waals surface area contributed by atoms with Crippen LogP contribution in [0.3, 0.4) is 0 Å². The van der Waals surface area contributed by atoms with E-state index >= 15 is 0 Å². The number of hydrogen-bond acceptors (Lipinski definition) is 1. The Labute approximate surface area is 116 Å². The summed E-state index contributed by atoms with van der Waals surface area (Å²) in [4.78, 5) is 14.3. The second-order valence-corrected chi connectivity index (χ2v) is 5.64. The number of benzene rings is 1. The molecule has 0 bridgehead atoms. The Bertz CT molecular complexity index is 396. The molecule has 1 fully saturated rings. The molecule has 0 unspecified atom stereocenters. The number of nitrogens with zero attached hydrogens (tertiary/aromatic N) is 1. The SMILES string of the molecule is CC(C)N(Cc1ccccc1)C(=O)NC1CCCC1. The van der Waals surface area contributed by atoms with Gasteiger partial charge in [-0.15, -0.1) is 0 Å². The van der Waals surface area contributed by atoms with Gasteiger partial charge in [-0.2, -0.15) is 0 Å². The standard InChI is InChI=1S/C16H24N2O/c1-13(2)18(12-14-8-4-3-5-9-14)16(19)17-15-10-6-7-11-15/h3-5,8-9,13,15H,6-7,10-12H2,1-2H3,(H,17,19). The first-order valence-corrected chi connectivity index (χ1v) is 7.28. The molecule has 0 atom stereocenters. The van der Waals surface area contributed by atoms with Crippen LogP contribution in [0, 0.1) is 0 Å². The number of urea groups is 1. The Morgan fingerprint density at radius 3 is 2.47 bits per heavy atom. The zero-order valence-electron chi connectivity index (χ0n) is 11.9. The van der Waals surface area contributed by atoms with Gasteiger partial charge in [-0.3, -0.25) is 0 Å². The first-order valence-electron chi connectivity index (χ1n) is 7.28. The molecule has 0 heterocycles. The summed E-state index contributed by atoms with van der Waals surface area (Å²) in [6, 6.07) is 10.8. The van der Waals surface area contributed by atoms with Gasteiger partial charge < -0.3 is 10.2 Å². The summed E-state index contributed by atoms with van der Waals surface area (Å²) in [5.41, 5.74) is 1.18. The average molecular weight is 260 g/mol. The van der Waals surface area contributed by atoms with Crippen LogP contribution in [0.1, 0.15) is 45.1 Å². The van der Waals surface area contributed by atoms with E-state index in [1.807, 2.05) is 23.1 Å². The van der Waals surface area contributed by atoms with Crippen LogP contribution >= 0.6 is 0 Å². The van der Waals surface area contributed by atoms with E-state index in [0.29, 0.717) is 12.6 Å². The van der Waals surface area contributed by atoms with Crippen molar-refractivity contribution in [1.29, 1.82) is 0 Å². The van der Waals surface area contributed by atoms with Crippen molar-refractivity contribution in [3.05, 3.63) is 35.9 Å². The van der Waals surface area contributed by atoms with Crippen molar-refractivity contribution in [3.63, 3.8) is 0 Å². The number of hydrogen-bond donors (Lipinski definition) is 1.